The first-order valence-electron chi connectivity index (χ1n) is 4.84. The Morgan fingerprint density at radius 3 is 2.69 bits per heavy atom. The van der Waals surface area contributed by atoms with Crippen LogP contribution in [0, 0.1) is 5.41 Å². The lowest BCUT2D eigenvalue weighted by atomic mass is 10.4. The van der Waals surface area contributed by atoms with Gasteiger partial charge >= 0.3 is 0 Å². The van der Waals surface area contributed by atoms with Gasteiger partial charge in [-0.3, -0.25) is 10.8 Å². The van der Waals surface area contributed by atoms with Crippen LogP contribution in [-0.2, 0) is 0 Å². The predicted octanol–water partition coefficient (Wildman–Crippen LogP) is -0.540. The number of likely N-dealkylation sites (tertiary alicyclic amines) is 1. The summed E-state index contributed by atoms with van der Waals surface area (Å²) in [4.78, 5) is 2.46. The molecule has 5 nitrogen and oxygen atoms in total. The fraction of sp³-hybridized carbons (Fsp3) is 0.875. The number of guanidine groups is 1. The van der Waals surface area contributed by atoms with Gasteiger partial charge in [0.25, 0.3) is 0 Å². The molecular weight excluding hydrogens is 166 g/mol. The Balaban J connectivity index is 1.91. The number of hydrazine groups is 1. The Morgan fingerprint density at radius 1 is 1.38 bits per heavy atom. The van der Waals surface area contributed by atoms with Crippen molar-refractivity contribution in [2.75, 3.05) is 26.2 Å². The summed E-state index contributed by atoms with van der Waals surface area (Å²) in [5.74, 6) is 5.22. The van der Waals surface area contributed by atoms with Crippen molar-refractivity contribution in [1.29, 1.82) is 5.41 Å². The van der Waals surface area contributed by atoms with Crippen molar-refractivity contribution in [1.82, 2.24) is 15.6 Å². The molecule has 0 spiro atoms. The van der Waals surface area contributed by atoms with Gasteiger partial charge in [-0.2, -0.15) is 0 Å². The minimum Gasteiger partial charge on any atom is -0.355 e. The van der Waals surface area contributed by atoms with Gasteiger partial charge in [0.05, 0.1) is 0 Å². The molecule has 0 saturated carbocycles. The van der Waals surface area contributed by atoms with Crippen molar-refractivity contribution in [3.05, 3.63) is 0 Å². The lowest BCUT2D eigenvalue weighted by Gasteiger charge is -2.14. The monoisotopic (exact) mass is 185 g/mol. The van der Waals surface area contributed by atoms with Gasteiger partial charge in [-0.15, -0.1) is 0 Å². The molecule has 1 rings (SSSR count). The molecule has 76 valence electrons. The highest BCUT2D eigenvalue weighted by Gasteiger charge is 2.09. The van der Waals surface area contributed by atoms with Crippen LogP contribution in [0.1, 0.15) is 19.3 Å². The Labute approximate surface area is 79.1 Å². The number of nitrogens with two attached hydrogens (primary N) is 1. The van der Waals surface area contributed by atoms with Crippen LogP contribution in [0.2, 0.25) is 0 Å². The Bertz CT molecular complexity index is 153. The molecule has 1 aliphatic rings. The third kappa shape index (κ3) is 4.10. The second-order valence-electron chi connectivity index (χ2n) is 3.35. The summed E-state index contributed by atoms with van der Waals surface area (Å²) < 4.78 is 0. The van der Waals surface area contributed by atoms with E-state index in [1.807, 2.05) is 0 Å². The average Bonchev–Trinajstić information content (AvgIpc) is 2.64. The zero-order valence-corrected chi connectivity index (χ0v) is 7.97. The maximum absolute atomic E-state index is 7.16. The highest BCUT2D eigenvalue weighted by Crippen LogP contribution is 2.06. The highest BCUT2D eigenvalue weighted by atomic mass is 15.3. The predicted molar refractivity (Wildman–Crippen MR) is 53.3 cm³/mol. The van der Waals surface area contributed by atoms with E-state index in [4.69, 9.17) is 11.3 Å². The summed E-state index contributed by atoms with van der Waals surface area (Å²) in [6, 6.07) is 0. The van der Waals surface area contributed by atoms with Gasteiger partial charge in [0.15, 0.2) is 0 Å². The summed E-state index contributed by atoms with van der Waals surface area (Å²) in [5, 5.41) is 10.0. The van der Waals surface area contributed by atoms with E-state index in [9.17, 15) is 0 Å². The van der Waals surface area contributed by atoms with Crippen LogP contribution in [0.4, 0.5) is 0 Å². The summed E-state index contributed by atoms with van der Waals surface area (Å²) in [6.45, 7) is 4.43. The molecule has 5 N–H and O–H groups in total. The van der Waals surface area contributed by atoms with Gasteiger partial charge in [-0.25, -0.2) is 5.84 Å². The first kappa shape index (κ1) is 10.3. The fourth-order valence-corrected chi connectivity index (χ4v) is 1.57. The summed E-state index contributed by atoms with van der Waals surface area (Å²) in [5.41, 5.74) is 2.25. The molecule has 0 amide bonds. The number of rotatable bonds is 4. The van der Waals surface area contributed by atoms with E-state index in [0.717, 1.165) is 19.5 Å². The van der Waals surface area contributed by atoms with E-state index < -0.39 is 0 Å². The van der Waals surface area contributed by atoms with Gasteiger partial charge in [-0.1, -0.05) is 0 Å². The number of nitrogens with one attached hydrogen (secondary N) is 3. The minimum atomic E-state index is 0.196. The molecule has 1 saturated heterocycles. The summed E-state index contributed by atoms with van der Waals surface area (Å²) >= 11 is 0. The first-order chi connectivity index (χ1) is 6.33. The zero-order chi connectivity index (χ0) is 9.52. The van der Waals surface area contributed by atoms with Gasteiger partial charge in [0, 0.05) is 6.54 Å². The Hall–Kier alpha value is -0.810. The van der Waals surface area contributed by atoms with Crippen LogP contribution in [0.3, 0.4) is 0 Å². The maximum Gasteiger partial charge on any atom is 0.202 e. The summed E-state index contributed by atoms with van der Waals surface area (Å²) in [7, 11) is 0. The third-order valence-electron chi connectivity index (χ3n) is 2.30. The third-order valence-corrected chi connectivity index (χ3v) is 2.30. The molecule has 5 heteroatoms. The summed E-state index contributed by atoms with van der Waals surface area (Å²) in [6.07, 6.45) is 3.76. The fourth-order valence-electron chi connectivity index (χ4n) is 1.57. The number of nitrogens with zero attached hydrogens (tertiary/aromatic N) is 1. The molecule has 1 heterocycles. The molecule has 0 aromatic rings. The van der Waals surface area contributed by atoms with Gasteiger partial charge in [-0.05, 0) is 38.9 Å². The first-order valence-corrected chi connectivity index (χ1v) is 4.84. The van der Waals surface area contributed by atoms with Crippen LogP contribution in [-0.4, -0.2) is 37.0 Å². The van der Waals surface area contributed by atoms with Gasteiger partial charge < -0.3 is 10.2 Å². The van der Waals surface area contributed by atoms with Gasteiger partial charge in [0.1, 0.15) is 0 Å². The van der Waals surface area contributed by atoms with Crippen LogP contribution in [0.15, 0.2) is 0 Å². The molecule has 1 fully saturated rings. The molecule has 1 aliphatic heterocycles. The second kappa shape index (κ2) is 5.77. The van der Waals surface area contributed by atoms with Crippen molar-refractivity contribution >= 4 is 5.96 Å². The van der Waals surface area contributed by atoms with Crippen molar-refractivity contribution in [3.8, 4) is 0 Å². The molecule has 0 radical (unpaired) electrons. The van der Waals surface area contributed by atoms with E-state index in [0.29, 0.717) is 0 Å². The van der Waals surface area contributed by atoms with E-state index in [2.05, 4.69) is 15.6 Å². The zero-order valence-electron chi connectivity index (χ0n) is 7.97. The van der Waals surface area contributed by atoms with Crippen molar-refractivity contribution in [3.63, 3.8) is 0 Å². The topological polar surface area (TPSA) is 77.2 Å². The number of hydrogen-bond acceptors (Lipinski definition) is 3. The quantitative estimate of drug-likeness (QED) is 0.156. The Morgan fingerprint density at radius 2 is 2.08 bits per heavy atom. The van der Waals surface area contributed by atoms with E-state index in [1.165, 1.54) is 25.9 Å². The largest absolute Gasteiger partial charge is 0.355 e. The molecule has 0 aliphatic carbocycles. The lowest BCUT2D eigenvalue weighted by Crippen LogP contribution is -2.41. The van der Waals surface area contributed by atoms with Crippen LogP contribution >= 0.6 is 0 Å². The molecule has 0 aromatic heterocycles. The van der Waals surface area contributed by atoms with Crippen LogP contribution < -0.4 is 16.6 Å². The van der Waals surface area contributed by atoms with Gasteiger partial charge in [0.2, 0.25) is 5.96 Å². The SMILES string of the molecule is N=C(NN)NCCCN1CCCC1. The van der Waals surface area contributed by atoms with E-state index >= 15 is 0 Å². The molecule has 0 atom stereocenters. The van der Waals surface area contributed by atoms with E-state index in [-0.39, 0.29) is 5.96 Å². The molecule has 0 unspecified atom stereocenters. The van der Waals surface area contributed by atoms with Crippen molar-refractivity contribution < 1.29 is 0 Å². The number of hydrogen-bond donors (Lipinski definition) is 4. The molecule has 0 aromatic carbocycles. The highest BCUT2D eigenvalue weighted by molar-refractivity contribution is 5.75. The average molecular weight is 185 g/mol. The molecule has 0 bridgehead atoms. The maximum atomic E-state index is 7.16. The molecular formula is C8H19N5. The standard InChI is InChI=1S/C8H19N5/c9-8(12-10)11-4-3-7-13-5-1-2-6-13/h1-7,10H2,(H3,9,11,12). The lowest BCUT2D eigenvalue weighted by molar-refractivity contribution is 0.334. The van der Waals surface area contributed by atoms with Crippen molar-refractivity contribution in [2.45, 2.75) is 19.3 Å². The normalized spacial score (nSPS) is 17.3. The molecule has 13 heavy (non-hydrogen) atoms. The van der Waals surface area contributed by atoms with Crippen LogP contribution in [0.25, 0.3) is 0 Å². The smallest absolute Gasteiger partial charge is 0.202 e. The second-order valence-corrected chi connectivity index (χ2v) is 3.35. The van der Waals surface area contributed by atoms with E-state index in [1.54, 1.807) is 0 Å². The van der Waals surface area contributed by atoms with Crippen LogP contribution in [0.5, 0.6) is 0 Å². The Kier molecular flexibility index (Phi) is 4.56. The van der Waals surface area contributed by atoms with Crippen molar-refractivity contribution in [2.24, 2.45) is 5.84 Å². The minimum absolute atomic E-state index is 0.196.